The number of benzene rings is 2. The number of sulfonamides is 1. The molecule has 1 fully saturated rings. The van der Waals surface area contributed by atoms with E-state index in [0.29, 0.717) is 43.4 Å². The van der Waals surface area contributed by atoms with Gasteiger partial charge >= 0.3 is 0 Å². The highest BCUT2D eigenvalue weighted by Crippen LogP contribution is 2.27. The smallest absolute Gasteiger partial charge is 0.264 e. The molecular weight excluding hydrogens is 422 g/mol. The Kier molecular flexibility index (Phi) is 7.13. The summed E-state index contributed by atoms with van der Waals surface area (Å²) in [5.74, 6) is 0.00407. The minimum absolute atomic E-state index is 0.00666. The zero-order valence-corrected chi connectivity index (χ0v) is 18.2. The van der Waals surface area contributed by atoms with Crippen molar-refractivity contribution in [2.24, 2.45) is 0 Å². The fourth-order valence-electron chi connectivity index (χ4n) is 3.14. The Balaban J connectivity index is 1.93. The summed E-state index contributed by atoms with van der Waals surface area (Å²) in [7, 11) is -2.54. The Morgan fingerprint density at radius 2 is 1.68 bits per heavy atom. The molecule has 1 aliphatic heterocycles. The Hall–Kier alpha value is -3.11. The molecule has 0 unspecified atom stereocenters. The van der Waals surface area contributed by atoms with Gasteiger partial charge in [-0.25, -0.2) is 8.42 Å². The van der Waals surface area contributed by atoms with Crippen molar-refractivity contribution in [3.8, 4) is 5.75 Å². The van der Waals surface area contributed by atoms with Crippen LogP contribution >= 0.6 is 0 Å². The largest absolute Gasteiger partial charge is 0.497 e. The van der Waals surface area contributed by atoms with E-state index in [1.165, 1.54) is 38.3 Å². The van der Waals surface area contributed by atoms with Crippen molar-refractivity contribution in [2.75, 3.05) is 49.6 Å². The molecule has 2 aromatic rings. The summed E-state index contributed by atoms with van der Waals surface area (Å²) in [6, 6.07) is 12.3. The zero-order valence-electron chi connectivity index (χ0n) is 17.4. The van der Waals surface area contributed by atoms with Gasteiger partial charge in [-0.3, -0.25) is 13.9 Å². The van der Waals surface area contributed by atoms with Crippen LogP contribution in [0, 0.1) is 0 Å². The van der Waals surface area contributed by atoms with E-state index < -0.39 is 10.0 Å². The summed E-state index contributed by atoms with van der Waals surface area (Å²) in [6.07, 6.45) is 0. The maximum atomic E-state index is 13.5. The first-order valence-corrected chi connectivity index (χ1v) is 11.2. The molecule has 1 heterocycles. The first-order chi connectivity index (χ1) is 14.8. The number of nitrogens with one attached hydrogen (secondary N) is 1. The molecule has 166 valence electrons. The maximum Gasteiger partial charge on any atom is 0.264 e. The molecule has 2 amide bonds. The van der Waals surface area contributed by atoms with E-state index in [4.69, 9.17) is 9.47 Å². The summed E-state index contributed by atoms with van der Waals surface area (Å²) >= 11 is 0. The molecule has 0 aromatic heterocycles. The van der Waals surface area contributed by atoms with Crippen molar-refractivity contribution in [2.45, 2.75) is 11.8 Å². The Labute approximate surface area is 181 Å². The molecule has 9 nitrogen and oxygen atoms in total. The van der Waals surface area contributed by atoms with Gasteiger partial charge in [0.05, 0.1) is 30.9 Å². The van der Waals surface area contributed by atoms with E-state index in [-0.39, 0.29) is 23.3 Å². The fourth-order valence-corrected chi connectivity index (χ4v) is 4.55. The average Bonchev–Trinajstić information content (AvgIpc) is 2.78. The van der Waals surface area contributed by atoms with Crippen LogP contribution < -0.4 is 14.4 Å². The van der Waals surface area contributed by atoms with E-state index >= 15 is 0 Å². The minimum Gasteiger partial charge on any atom is -0.497 e. The first kappa shape index (κ1) is 22.6. The molecule has 0 saturated carbocycles. The quantitative estimate of drug-likeness (QED) is 0.693. The number of morpholine rings is 1. The molecule has 3 rings (SSSR count). The predicted molar refractivity (Wildman–Crippen MR) is 116 cm³/mol. The highest BCUT2D eigenvalue weighted by molar-refractivity contribution is 7.92. The number of nitrogens with zero attached hydrogens (tertiary/aromatic N) is 2. The zero-order chi connectivity index (χ0) is 22.4. The summed E-state index contributed by atoms with van der Waals surface area (Å²) in [4.78, 5) is 25.7. The van der Waals surface area contributed by atoms with Gasteiger partial charge in [-0.05, 0) is 48.5 Å². The highest BCUT2D eigenvalue weighted by Gasteiger charge is 2.29. The van der Waals surface area contributed by atoms with Gasteiger partial charge in [0.1, 0.15) is 12.3 Å². The Morgan fingerprint density at radius 1 is 1.06 bits per heavy atom. The van der Waals surface area contributed by atoms with Gasteiger partial charge in [0.15, 0.2) is 0 Å². The average molecular weight is 448 g/mol. The number of hydrogen-bond donors (Lipinski definition) is 1. The highest BCUT2D eigenvalue weighted by atomic mass is 32.2. The van der Waals surface area contributed by atoms with Crippen LogP contribution in [-0.4, -0.2) is 65.1 Å². The van der Waals surface area contributed by atoms with Crippen molar-refractivity contribution in [1.29, 1.82) is 0 Å². The van der Waals surface area contributed by atoms with E-state index in [9.17, 15) is 18.0 Å². The number of carbonyl (C=O) groups is 2. The lowest BCUT2D eigenvalue weighted by Gasteiger charge is -2.30. The van der Waals surface area contributed by atoms with E-state index in [1.54, 1.807) is 29.2 Å². The molecule has 1 N–H and O–H groups in total. The molecule has 31 heavy (non-hydrogen) atoms. The van der Waals surface area contributed by atoms with Crippen LogP contribution in [0.4, 0.5) is 11.4 Å². The Bertz CT molecular complexity index is 1020. The van der Waals surface area contributed by atoms with Crippen LogP contribution in [0.3, 0.4) is 0 Å². The lowest BCUT2D eigenvalue weighted by atomic mass is 10.3. The minimum atomic E-state index is -4.05. The summed E-state index contributed by atoms with van der Waals surface area (Å²) in [6.45, 7) is 2.70. The third-order valence-electron chi connectivity index (χ3n) is 4.77. The summed E-state index contributed by atoms with van der Waals surface area (Å²) < 4.78 is 38.4. The number of ether oxygens (including phenoxy) is 2. The second kappa shape index (κ2) is 9.80. The van der Waals surface area contributed by atoms with Crippen LogP contribution in [0.5, 0.6) is 5.75 Å². The molecule has 10 heteroatoms. The van der Waals surface area contributed by atoms with E-state index in [1.807, 2.05) is 0 Å². The molecule has 0 spiro atoms. The van der Waals surface area contributed by atoms with Gasteiger partial charge in [0, 0.05) is 25.7 Å². The number of anilines is 2. The molecular formula is C21H25N3O6S. The van der Waals surface area contributed by atoms with Crippen LogP contribution in [0.2, 0.25) is 0 Å². The van der Waals surface area contributed by atoms with Crippen molar-refractivity contribution in [1.82, 2.24) is 4.90 Å². The van der Waals surface area contributed by atoms with Crippen LogP contribution in [0.1, 0.15) is 6.92 Å². The number of hydrogen-bond acceptors (Lipinski definition) is 6. The second-order valence-corrected chi connectivity index (χ2v) is 8.77. The first-order valence-electron chi connectivity index (χ1n) is 9.71. The summed E-state index contributed by atoms with van der Waals surface area (Å²) in [5.41, 5.74) is 0.820. The molecule has 1 saturated heterocycles. The van der Waals surface area contributed by atoms with Crippen molar-refractivity contribution in [3.63, 3.8) is 0 Å². The molecule has 2 aromatic carbocycles. The van der Waals surface area contributed by atoms with Crippen molar-refractivity contribution < 1.29 is 27.5 Å². The number of methoxy groups -OCH3 is 1. The van der Waals surface area contributed by atoms with Crippen LogP contribution in [-0.2, 0) is 24.3 Å². The maximum absolute atomic E-state index is 13.5. The SMILES string of the molecule is COc1ccc(N(CC(=O)N2CCOCC2)S(=O)(=O)c2ccc(NC(C)=O)cc2)cc1. The van der Waals surface area contributed by atoms with Crippen molar-refractivity contribution >= 4 is 33.2 Å². The lowest BCUT2D eigenvalue weighted by Crippen LogP contribution is -2.47. The van der Waals surface area contributed by atoms with Gasteiger partial charge in [-0.1, -0.05) is 0 Å². The third kappa shape index (κ3) is 5.53. The van der Waals surface area contributed by atoms with Gasteiger partial charge in [-0.2, -0.15) is 0 Å². The molecule has 0 bridgehead atoms. The normalized spacial score (nSPS) is 14.1. The van der Waals surface area contributed by atoms with Crippen molar-refractivity contribution in [3.05, 3.63) is 48.5 Å². The van der Waals surface area contributed by atoms with E-state index in [0.717, 1.165) is 4.31 Å². The molecule has 0 atom stereocenters. The number of carbonyl (C=O) groups excluding carboxylic acids is 2. The molecule has 1 aliphatic rings. The Morgan fingerprint density at radius 3 is 2.23 bits per heavy atom. The lowest BCUT2D eigenvalue weighted by molar-refractivity contribution is -0.133. The standard InChI is InChI=1S/C21H25N3O6S/c1-16(25)22-17-3-9-20(10-4-17)31(27,28)24(18-5-7-19(29-2)8-6-18)15-21(26)23-11-13-30-14-12-23/h3-10H,11-15H2,1-2H3,(H,22,25). The van der Waals surface area contributed by atoms with Gasteiger partial charge < -0.3 is 19.7 Å². The monoisotopic (exact) mass is 447 g/mol. The van der Waals surface area contributed by atoms with Gasteiger partial charge in [0.2, 0.25) is 11.8 Å². The van der Waals surface area contributed by atoms with Gasteiger partial charge in [-0.15, -0.1) is 0 Å². The summed E-state index contributed by atoms with van der Waals surface area (Å²) in [5, 5.41) is 2.60. The third-order valence-corrected chi connectivity index (χ3v) is 6.55. The van der Waals surface area contributed by atoms with E-state index in [2.05, 4.69) is 5.32 Å². The fraction of sp³-hybridized carbons (Fsp3) is 0.333. The number of amides is 2. The second-order valence-electron chi connectivity index (χ2n) is 6.91. The van der Waals surface area contributed by atoms with Crippen LogP contribution in [0.15, 0.2) is 53.4 Å². The topological polar surface area (TPSA) is 105 Å². The van der Waals surface area contributed by atoms with Gasteiger partial charge in [0.25, 0.3) is 10.0 Å². The molecule has 0 radical (unpaired) electrons. The predicted octanol–water partition coefficient (Wildman–Crippen LogP) is 1.71. The number of rotatable bonds is 7. The van der Waals surface area contributed by atoms with Crippen LogP contribution in [0.25, 0.3) is 0 Å². The molecule has 0 aliphatic carbocycles.